The van der Waals surface area contributed by atoms with E-state index in [9.17, 15) is 19.3 Å². The van der Waals surface area contributed by atoms with E-state index in [0.717, 1.165) is 23.8 Å². The Balaban J connectivity index is 1.73. The highest BCUT2D eigenvalue weighted by Crippen LogP contribution is 2.40. The SMILES string of the molecule is O=C1[C@H]2CCCCN2C(=S)N1c1cc(Oc2ccccc2[N+](=O)[O-])c(Cl)cc1F. The summed E-state index contributed by atoms with van der Waals surface area (Å²) >= 11 is 11.5. The van der Waals surface area contributed by atoms with Crippen LogP contribution in [0.2, 0.25) is 5.02 Å². The number of hydrogen-bond acceptors (Lipinski definition) is 5. The molecule has 2 aliphatic rings. The Morgan fingerprint density at radius 1 is 1.24 bits per heavy atom. The summed E-state index contributed by atoms with van der Waals surface area (Å²) in [5.74, 6) is -1.10. The van der Waals surface area contributed by atoms with Crippen LogP contribution in [0.1, 0.15) is 19.3 Å². The molecule has 10 heteroatoms. The number of fused-ring (bicyclic) bond motifs is 1. The maximum atomic E-state index is 14.7. The van der Waals surface area contributed by atoms with Crippen molar-refractivity contribution in [2.75, 3.05) is 11.4 Å². The third kappa shape index (κ3) is 3.40. The lowest BCUT2D eigenvalue weighted by Crippen LogP contribution is -2.38. The maximum Gasteiger partial charge on any atom is 0.311 e. The molecule has 1 amide bonds. The molecule has 150 valence electrons. The number of ether oxygens (including phenoxy) is 1. The van der Waals surface area contributed by atoms with Gasteiger partial charge in [0.05, 0.1) is 15.6 Å². The van der Waals surface area contributed by atoms with Crippen molar-refractivity contribution in [3.8, 4) is 11.5 Å². The molecule has 0 aliphatic carbocycles. The van der Waals surface area contributed by atoms with E-state index >= 15 is 0 Å². The predicted octanol–water partition coefficient (Wildman–Crippen LogP) is 4.67. The number of hydrogen-bond donors (Lipinski definition) is 0. The van der Waals surface area contributed by atoms with Gasteiger partial charge < -0.3 is 9.64 Å². The number of carbonyl (C=O) groups excluding carboxylic acids is 1. The molecular formula is C19H15ClFN3O4S. The molecule has 0 unspecified atom stereocenters. The van der Waals surface area contributed by atoms with Crippen molar-refractivity contribution in [2.45, 2.75) is 25.3 Å². The average molecular weight is 436 g/mol. The third-order valence-electron chi connectivity index (χ3n) is 4.97. The van der Waals surface area contributed by atoms with Crippen LogP contribution >= 0.6 is 23.8 Å². The van der Waals surface area contributed by atoms with E-state index in [1.54, 1.807) is 11.0 Å². The number of anilines is 1. The van der Waals surface area contributed by atoms with Crippen LogP contribution in [0.25, 0.3) is 0 Å². The van der Waals surface area contributed by atoms with Gasteiger partial charge in [0.2, 0.25) is 5.75 Å². The van der Waals surface area contributed by atoms with Gasteiger partial charge in [-0.25, -0.2) is 4.39 Å². The predicted molar refractivity (Wildman–Crippen MR) is 109 cm³/mol. The van der Waals surface area contributed by atoms with E-state index in [1.165, 1.54) is 24.3 Å². The van der Waals surface area contributed by atoms with Crippen LogP contribution < -0.4 is 9.64 Å². The fourth-order valence-corrected chi connectivity index (χ4v) is 4.19. The highest BCUT2D eigenvalue weighted by molar-refractivity contribution is 7.80. The van der Waals surface area contributed by atoms with Gasteiger partial charge in [0.1, 0.15) is 17.6 Å². The van der Waals surface area contributed by atoms with Crippen LogP contribution in [-0.4, -0.2) is 33.4 Å². The van der Waals surface area contributed by atoms with Crippen LogP contribution in [0.5, 0.6) is 11.5 Å². The fourth-order valence-electron chi connectivity index (χ4n) is 3.59. The second-order valence-corrected chi connectivity index (χ2v) is 7.49. The molecule has 0 N–H and O–H groups in total. The first-order valence-electron chi connectivity index (χ1n) is 8.93. The summed E-state index contributed by atoms with van der Waals surface area (Å²) in [5.41, 5.74) is -0.355. The van der Waals surface area contributed by atoms with Gasteiger partial charge >= 0.3 is 5.69 Å². The number of halogens is 2. The summed E-state index contributed by atoms with van der Waals surface area (Å²) in [5, 5.41) is 11.4. The lowest BCUT2D eigenvalue weighted by atomic mass is 10.0. The van der Waals surface area contributed by atoms with Crippen LogP contribution in [0.4, 0.5) is 15.8 Å². The van der Waals surface area contributed by atoms with E-state index in [1.807, 2.05) is 0 Å². The van der Waals surface area contributed by atoms with E-state index < -0.39 is 16.8 Å². The van der Waals surface area contributed by atoms with Crippen molar-refractivity contribution >= 4 is 46.2 Å². The van der Waals surface area contributed by atoms with E-state index in [0.29, 0.717) is 13.0 Å². The first kappa shape index (κ1) is 19.5. The number of nitro benzene ring substituents is 1. The van der Waals surface area contributed by atoms with Gasteiger partial charge in [-0.15, -0.1) is 0 Å². The molecule has 29 heavy (non-hydrogen) atoms. The minimum Gasteiger partial charge on any atom is -0.448 e. The number of nitro groups is 1. The monoisotopic (exact) mass is 435 g/mol. The zero-order valence-corrected chi connectivity index (χ0v) is 16.6. The molecule has 2 fully saturated rings. The van der Waals surface area contributed by atoms with Crippen molar-refractivity contribution in [2.24, 2.45) is 0 Å². The van der Waals surface area contributed by atoms with E-state index in [4.69, 9.17) is 28.6 Å². The van der Waals surface area contributed by atoms with Gasteiger partial charge in [-0.05, 0) is 43.6 Å². The molecule has 2 aromatic rings. The normalized spacial score (nSPS) is 18.8. The summed E-state index contributed by atoms with van der Waals surface area (Å²) in [6.45, 7) is 0.639. The van der Waals surface area contributed by atoms with E-state index in [-0.39, 0.29) is 38.9 Å². The topological polar surface area (TPSA) is 75.9 Å². The van der Waals surface area contributed by atoms with Gasteiger partial charge in [-0.3, -0.25) is 19.8 Å². The lowest BCUT2D eigenvalue weighted by molar-refractivity contribution is -0.385. The Bertz CT molecular complexity index is 1010. The number of benzene rings is 2. The van der Waals surface area contributed by atoms with Crippen molar-refractivity contribution in [1.82, 2.24) is 4.90 Å². The molecule has 0 bridgehead atoms. The lowest BCUT2D eigenvalue weighted by Gasteiger charge is -2.27. The Morgan fingerprint density at radius 2 is 2.00 bits per heavy atom. The first-order valence-corrected chi connectivity index (χ1v) is 9.72. The minimum atomic E-state index is -0.736. The number of para-hydroxylation sites is 2. The van der Waals surface area contributed by atoms with Crippen LogP contribution in [0.3, 0.4) is 0 Å². The summed E-state index contributed by atoms with van der Waals surface area (Å²) in [6.07, 6.45) is 2.47. The van der Waals surface area contributed by atoms with Crippen molar-refractivity contribution in [3.05, 3.63) is 57.4 Å². The molecule has 4 rings (SSSR count). The molecule has 7 nitrogen and oxygen atoms in total. The van der Waals surface area contributed by atoms with Crippen LogP contribution in [0.15, 0.2) is 36.4 Å². The zero-order valence-electron chi connectivity index (χ0n) is 15.0. The number of thiocarbonyl (C=S) groups is 1. The highest BCUT2D eigenvalue weighted by Gasteiger charge is 2.45. The number of carbonyl (C=O) groups is 1. The molecular weight excluding hydrogens is 421 g/mol. The number of nitrogens with zero attached hydrogens (tertiary/aromatic N) is 3. The second-order valence-electron chi connectivity index (χ2n) is 6.72. The van der Waals surface area contributed by atoms with Crippen molar-refractivity contribution in [1.29, 1.82) is 0 Å². The van der Waals surface area contributed by atoms with Crippen LogP contribution in [-0.2, 0) is 4.79 Å². The van der Waals surface area contributed by atoms with E-state index in [2.05, 4.69) is 0 Å². The quantitative estimate of drug-likeness (QED) is 0.395. The Hall–Kier alpha value is -2.78. The van der Waals surface area contributed by atoms with Crippen LogP contribution in [0, 0.1) is 15.9 Å². The molecule has 0 spiro atoms. The Morgan fingerprint density at radius 3 is 2.72 bits per heavy atom. The van der Waals surface area contributed by atoms with Crippen molar-refractivity contribution in [3.63, 3.8) is 0 Å². The Labute approximate surface area is 175 Å². The summed E-state index contributed by atoms with van der Waals surface area (Å²) < 4.78 is 20.3. The second kappa shape index (κ2) is 7.57. The molecule has 2 heterocycles. The highest BCUT2D eigenvalue weighted by atomic mass is 35.5. The summed E-state index contributed by atoms with van der Waals surface area (Å²) in [6, 6.07) is 7.61. The summed E-state index contributed by atoms with van der Waals surface area (Å²) in [7, 11) is 0. The minimum absolute atomic E-state index is 0.0159. The number of rotatable bonds is 4. The fraction of sp³-hybridized carbons (Fsp3) is 0.263. The smallest absolute Gasteiger partial charge is 0.311 e. The Kier molecular flexibility index (Phi) is 5.10. The zero-order chi connectivity index (χ0) is 20.7. The van der Waals surface area contributed by atoms with Gasteiger partial charge in [-0.2, -0.15) is 0 Å². The molecule has 2 saturated heterocycles. The van der Waals surface area contributed by atoms with Gasteiger partial charge in [0, 0.05) is 18.7 Å². The van der Waals surface area contributed by atoms with Gasteiger partial charge in [-0.1, -0.05) is 23.7 Å². The standard InChI is InChI=1S/C19H15ClFN3O4S/c20-11-9-12(21)15(23-18(25)14-6-3-4-8-22(14)19(23)29)10-17(11)28-16-7-2-1-5-13(16)24(26)27/h1-2,5,7,9-10,14H,3-4,6,8H2/t14-/m1/s1. The van der Waals surface area contributed by atoms with Crippen molar-refractivity contribution < 1.29 is 18.8 Å². The number of piperidine rings is 1. The average Bonchev–Trinajstić information content (AvgIpc) is 2.95. The molecule has 2 aliphatic heterocycles. The first-order chi connectivity index (χ1) is 13.9. The summed E-state index contributed by atoms with van der Waals surface area (Å²) in [4.78, 5) is 26.4. The maximum absolute atomic E-state index is 14.7. The molecule has 0 aromatic heterocycles. The largest absolute Gasteiger partial charge is 0.448 e. The molecule has 2 aromatic carbocycles. The molecule has 0 saturated carbocycles. The van der Waals surface area contributed by atoms with Gasteiger partial charge in [0.25, 0.3) is 5.91 Å². The molecule has 0 radical (unpaired) electrons. The third-order valence-corrected chi connectivity index (χ3v) is 5.68. The van der Waals surface area contributed by atoms with Gasteiger partial charge in [0.15, 0.2) is 5.11 Å². The molecule has 1 atom stereocenters. The number of amides is 1.